The molecule has 1 unspecified atom stereocenters. The van der Waals surface area contributed by atoms with Gasteiger partial charge in [0.25, 0.3) is 0 Å². The van der Waals surface area contributed by atoms with E-state index in [1.807, 2.05) is 63.2 Å². The first-order chi connectivity index (χ1) is 12.5. The topological polar surface area (TPSA) is 46.9 Å². The lowest BCUT2D eigenvalue weighted by Crippen LogP contribution is -2.27. The summed E-state index contributed by atoms with van der Waals surface area (Å²) < 4.78 is 1.71. The van der Waals surface area contributed by atoms with E-state index in [1.165, 1.54) is 0 Å². The van der Waals surface area contributed by atoms with Crippen molar-refractivity contribution in [2.45, 2.75) is 33.2 Å². The number of amides is 1. The zero-order valence-electron chi connectivity index (χ0n) is 15.2. The molecule has 0 saturated heterocycles. The SMILES string of the molecule is CCC(C(=O)Nc1ccc(-c2ccccc2)cc1)n1nc(C)c(Cl)c1C. The van der Waals surface area contributed by atoms with Crippen molar-refractivity contribution in [3.05, 3.63) is 71.0 Å². The second-order valence-electron chi connectivity index (χ2n) is 6.29. The molecule has 1 aromatic heterocycles. The summed E-state index contributed by atoms with van der Waals surface area (Å²) in [5, 5.41) is 8.02. The van der Waals surface area contributed by atoms with Crippen molar-refractivity contribution in [1.82, 2.24) is 9.78 Å². The fraction of sp³-hybridized carbons (Fsp3) is 0.238. The maximum Gasteiger partial charge on any atom is 0.249 e. The van der Waals surface area contributed by atoms with Gasteiger partial charge in [0.05, 0.1) is 16.4 Å². The molecular weight excluding hydrogens is 346 g/mol. The van der Waals surface area contributed by atoms with Gasteiger partial charge in [-0.3, -0.25) is 9.48 Å². The van der Waals surface area contributed by atoms with Gasteiger partial charge in [0.2, 0.25) is 5.91 Å². The molecule has 0 fully saturated rings. The van der Waals surface area contributed by atoms with Gasteiger partial charge in [-0.1, -0.05) is 61.0 Å². The van der Waals surface area contributed by atoms with Crippen molar-refractivity contribution in [3.8, 4) is 11.1 Å². The van der Waals surface area contributed by atoms with Crippen LogP contribution in [0.25, 0.3) is 11.1 Å². The van der Waals surface area contributed by atoms with E-state index in [-0.39, 0.29) is 5.91 Å². The molecule has 1 N–H and O–H groups in total. The van der Waals surface area contributed by atoms with Crippen molar-refractivity contribution in [1.29, 1.82) is 0 Å². The van der Waals surface area contributed by atoms with E-state index in [0.717, 1.165) is 28.2 Å². The summed E-state index contributed by atoms with van der Waals surface area (Å²) in [6, 6.07) is 17.6. The number of carbonyl (C=O) groups is 1. The fourth-order valence-corrected chi connectivity index (χ4v) is 3.14. The van der Waals surface area contributed by atoms with Gasteiger partial charge in [-0.2, -0.15) is 5.10 Å². The Hall–Kier alpha value is -2.59. The second kappa shape index (κ2) is 7.75. The number of anilines is 1. The van der Waals surface area contributed by atoms with E-state index >= 15 is 0 Å². The standard InChI is InChI=1S/C21H22ClN3O/c1-4-19(25-15(3)20(22)14(2)24-25)21(26)23-18-12-10-17(11-13-18)16-8-6-5-7-9-16/h5-13,19H,4H2,1-3H3,(H,23,26). The van der Waals surface area contributed by atoms with Crippen LogP contribution >= 0.6 is 11.6 Å². The number of hydrogen-bond donors (Lipinski definition) is 1. The molecule has 26 heavy (non-hydrogen) atoms. The highest BCUT2D eigenvalue weighted by Gasteiger charge is 2.23. The first-order valence-corrected chi connectivity index (χ1v) is 9.06. The van der Waals surface area contributed by atoms with Crippen LogP contribution < -0.4 is 5.32 Å². The first kappa shape index (κ1) is 18.2. The Morgan fingerprint density at radius 1 is 1.08 bits per heavy atom. The molecular formula is C21H22ClN3O. The molecule has 2 aromatic carbocycles. The molecule has 0 aliphatic heterocycles. The normalized spacial score (nSPS) is 12.0. The van der Waals surface area contributed by atoms with E-state index in [4.69, 9.17) is 11.6 Å². The van der Waals surface area contributed by atoms with Crippen LogP contribution in [0, 0.1) is 13.8 Å². The molecule has 1 heterocycles. The molecule has 3 aromatic rings. The molecule has 0 saturated carbocycles. The van der Waals surface area contributed by atoms with E-state index in [2.05, 4.69) is 22.5 Å². The minimum Gasteiger partial charge on any atom is -0.324 e. The Balaban J connectivity index is 1.77. The molecule has 0 radical (unpaired) electrons. The van der Waals surface area contributed by atoms with E-state index in [0.29, 0.717) is 11.4 Å². The summed E-state index contributed by atoms with van der Waals surface area (Å²) in [4.78, 5) is 12.8. The van der Waals surface area contributed by atoms with Crippen molar-refractivity contribution in [2.75, 3.05) is 5.32 Å². The van der Waals surface area contributed by atoms with Crippen LogP contribution in [-0.4, -0.2) is 15.7 Å². The van der Waals surface area contributed by atoms with Crippen LogP contribution in [0.1, 0.15) is 30.8 Å². The first-order valence-electron chi connectivity index (χ1n) is 8.68. The number of nitrogens with one attached hydrogen (secondary N) is 1. The largest absolute Gasteiger partial charge is 0.324 e. The monoisotopic (exact) mass is 367 g/mol. The van der Waals surface area contributed by atoms with Crippen LogP contribution in [-0.2, 0) is 4.79 Å². The summed E-state index contributed by atoms with van der Waals surface area (Å²) in [6.07, 6.45) is 0.631. The van der Waals surface area contributed by atoms with Crippen molar-refractivity contribution in [3.63, 3.8) is 0 Å². The third-order valence-electron chi connectivity index (χ3n) is 4.48. The smallest absolute Gasteiger partial charge is 0.249 e. The Kier molecular flexibility index (Phi) is 5.43. The Morgan fingerprint density at radius 3 is 2.23 bits per heavy atom. The van der Waals surface area contributed by atoms with Crippen molar-refractivity contribution < 1.29 is 4.79 Å². The van der Waals surface area contributed by atoms with Crippen LogP contribution in [0.15, 0.2) is 54.6 Å². The summed E-state index contributed by atoms with van der Waals surface area (Å²) in [5.41, 5.74) is 4.57. The van der Waals surface area contributed by atoms with Gasteiger partial charge in [0, 0.05) is 5.69 Å². The summed E-state index contributed by atoms with van der Waals surface area (Å²) >= 11 is 6.22. The highest BCUT2D eigenvalue weighted by molar-refractivity contribution is 6.31. The number of carbonyl (C=O) groups excluding carboxylic acids is 1. The molecule has 3 rings (SSSR count). The maximum absolute atomic E-state index is 12.8. The van der Waals surface area contributed by atoms with Gasteiger partial charge in [-0.25, -0.2) is 0 Å². The van der Waals surface area contributed by atoms with Gasteiger partial charge < -0.3 is 5.32 Å². The highest BCUT2D eigenvalue weighted by atomic mass is 35.5. The number of halogens is 1. The average molecular weight is 368 g/mol. The Labute approximate surface area is 158 Å². The quantitative estimate of drug-likeness (QED) is 0.655. The molecule has 0 spiro atoms. The van der Waals surface area contributed by atoms with Crippen LogP contribution in [0.5, 0.6) is 0 Å². The summed E-state index contributed by atoms with van der Waals surface area (Å²) in [5.74, 6) is -0.0952. The summed E-state index contributed by atoms with van der Waals surface area (Å²) in [6.45, 7) is 5.69. The van der Waals surface area contributed by atoms with Gasteiger partial charge in [0.15, 0.2) is 0 Å². The van der Waals surface area contributed by atoms with Gasteiger partial charge in [-0.15, -0.1) is 0 Å². The number of rotatable bonds is 5. The van der Waals surface area contributed by atoms with Gasteiger partial charge in [0.1, 0.15) is 6.04 Å². The molecule has 0 aliphatic rings. The lowest BCUT2D eigenvalue weighted by Gasteiger charge is -2.17. The second-order valence-corrected chi connectivity index (χ2v) is 6.66. The zero-order valence-corrected chi connectivity index (χ0v) is 15.9. The number of nitrogens with zero attached hydrogens (tertiary/aromatic N) is 2. The predicted octanol–water partition coefficient (Wildman–Crippen LogP) is 5.41. The molecule has 4 nitrogen and oxygen atoms in total. The summed E-state index contributed by atoms with van der Waals surface area (Å²) in [7, 11) is 0. The molecule has 134 valence electrons. The number of hydrogen-bond acceptors (Lipinski definition) is 2. The number of aromatic nitrogens is 2. The van der Waals surface area contributed by atoms with Crippen LogP contribution in [0.2, 0.25) is 5.02 Å². The van der Waals surface area contributed by atoms with Crippen LogP contribution in [0.4, 0.5) is 5.69 Å². The maximum atomic E-state index is 12.8. The third-order valence-corrected chi connectivity index (χ3v) is 5.03. The third kappa shape index (κ3) is 3.65. The molecule has 1 atom stereocenters. The zero-order chi connectivity index (χ0) is 18.7. The predicted molar refractivity (Wildman–Crippen MR) is 107 cm³/mol. The Morgan fingerprint density at radius 2 is 1.69 bits per heavy atom. The molecule has 1 amide bonds. The van der Waals surface area contributed by atoms with E-state index in [1.54, 1.807) is 4.68 Å². The minimum absolute atomic E-state index is 0.0952. The fourth-order valence-electron chi connectivity index (χ4n) is 3.02. The van der Waals surface area contributed by atoms with Gasteiger partial charge >= 0.3 is 0 Å². The lowest BCUT2D eigenvalue weighted by molar-refractivity contribution is -0.119. The number of aryl methyl sites for hydroxylation is 1. The Bertz CT molecular complexity index is 901. The van der Waals surface area contributed by atoms with E-state index < -0.39 is 6.04 Å². The minimum atomic E-state index is -0.394. The molecule has 0 bridgehead atoms. The van der Waals surface area contributed by atoms with Crippen LogP contribution in [0.3, 0.4) is 0 Å². The van der Waals surface area contributed by atoms with E-state index in [9.17, 15) is 4.79 Å². The van der Waals surface area contributed by atoms with Gasteiger partial charge in [-0.05, 0) is 43.5 Å². The molecule has 5 heteroatoms. The average Bonchev–Trinajstić information content (AvgIpc) is 2.91. The lowest BCUT2D eigenvalue weighted by atomic mass is 10.1. The molecule has 0 aliphatic carbocycles. The van der Waals surface area contributed by atoms with Crippen molar-refractivity contribution >= 4 is 23.2 Å². The highest BCUT2D eigenvalue weighted by Crippen LogP contribution is 2.25. The van der Waals surface area contributed by atoms with Crippen molar-refractivity contribution in [2.24, 2.45) is 0 Å². The number of benzene rings is 2.